The molecular weight excluding hydrogens is 530 g/mol. The van der Waals surface area contributed by atoms with Crippen molar-refractivity contribution in [2.75, 3.05) is 30.1 Å². The van der Waals surface area contributed by atoms with Gasteiger partial charge in [-0.2, -0.15) is 0 Å². The molecule has 0 aromatic heterocycles. The first kappa shape index (κ1) is 32.7. The van der Waals surface area contributed by atoms with Gasteiger partial charge in [0.25, 0.3) is 0 Å². The first-order valence-corrected chi connectivity index (χ1v) is 14.8. The quantitative estimate of drug-likeness (QED) is 0.183. The first-order chi connectivity index (χ1) is 17.3. The average Bonchev–Trinajstić information content (AvgIpc) is 2.74. The van der Waals surface area contributed by atoms with Gasteiger partial charge < -0.3 is 33.6 Å². The number of thioether (sulfide) groups is 1. The van der Waals surface area contributed by atoms with E-state index in [0.29, 0.717) is 0 Å². The van der Waals surface area contributed by atoms with Crippen LogP contribution in [0.15, 0.2) is 12.7 Å². The van der Waals surface area contributed by atoms with Crippen LogP contribution in [0.5, 0.6) is 0 Å². The molecule has 0 aliphatic carbocycles. The van der Waals surface area contributed by atoms with E-state index < -0.39 is 76.0 Å². The number of nitrogens with one attached hydrogen (secondary N) is 1. The summed E-state index contributed by atoms with van der Waals surface area (Å²) in [6.07, 6.45) is -1.60. The third kappa shape index (κ3) is 10.2. The van der Waals surface area contributed by atoms with Crippen LogP contribution >= 0.6 is 22.1 Å². The maximum Gasteiger partial charge on any atom is 0.313 e. The lowest BCUT2D eigenvalue weighted by Gasteiger charge is -2.48. The van der Waals surface area contributed by atoms with Crippen LogP contribution in [-0.4, -0.2) is 101 Å². The number of aliphatic hydroxyl groups is 1. The van der Waals surface area contributed by atoms with Gasteiger partial charge in [0.05, 0.1) is 12.6 Å². The Morgan fingerprint density at radius 3 is 1.95 bits per heavy atom. The van der Waals surface area contributed by atoms with Gasteiger partial charge in [-0.05, 0) is 6.26 Å². The zero-order valence-electron chi connectivity index (χ0n) is 21.9. The van der Waals surface area contributed by atoms with Crippen LogP contribution < -0.4 is 5.32 Å². The molecule has 1 aliphatic heterocycles. The molecule has 0 aromatic rings. The highest BCUT2D eigenvalue weighted by Gasteiger charge is 2.54. The molecule has 212 valence electrons. The van der Waals surface area contributed by atoms with Gasteiger partial charge in [0.15, 0.2) is 18.3 Å². The summed E-state index contributed by atoms with van der Waals surface area (Å²) in [6.45, 7) is 9.41. The molecule has 0 radical (unpaired) electrons. The Morgan fingerprint density at radius 2 is 1.51 bits per heavy atom. The third-order valence-corrected chi connectivity index (χ3v) is 9.29. The normalized spacial score (nSPS) is 26.4. The summed E-state index contributed by atoms with van der Waals surface area (Å²) in [7, 11) is -2.39. The number of amides is 1. The van der Waals surface area contributed by atoms with Gasteiger partial charge in [0, 0.05) is 51.9 Å². The highest BCUT2D eigenvalue weighted by Crippen LogP contribution is 2.50. The third-order valence-electron chi connectivity index (χ3n) is 5.12. The summed E-state index contributed by atoms with van der Waals surface area (Å²) in [6, 6.07) is -0.936. The van der Waals surface area contributed by atoms with Crippen molar-refractivity contribution in [2.24, 2.45) is 0 Å². The molecule has 1 aliphatic rings. The molecule has 1 fully saturated rings. The minimum Gasteiger partial charge on any atom is -0.456 e. The minimum absolute atomic E-state index is 0.00724. The van der Waals surface area contributed by atoms with Gasteiger partial charge in [-0.25, -0.2) is 0 Å². The van der Waals surface area contributed by atoms with Crippen molar-refractivity contribution in [3.05, 3.63) is 12.7 Å². The van der Waals surface area contributed by atoms with Gasteiger partial charge in [-0.3, -0.25) is 24.0 Å². The summed E-state index contributed by atoms with van der Waals surface area (Å²) in [5.74, 6) is -2.85. The Hall–Kier alpha value is -2.29. The molecule has 0 spiro atoms. The maximum atomic E-state index is 12.3. The summed E-state index contributed by atoms with van der Waals surface area (Å²) >= 11 is 1.16. The molecule has 14 heteroatoms. The predicted octanol–water partition coefficient (Wildman–Crippen LogP) is 0.835. The van der Waals surface area contributed by atoms with Crippen molar-refractivity contribution < 1.29 is 52.2 Å². The van der Waals surface area contributed by atoms with E-state index in [1.54, 1.807) is 12.3 Å². The standard InChI is InChI=1S/C23H37NO11S2/c1-8-10-37(11-9-25,35-17(6)30)12-18(24-13(2)26)19-20(31-14(3)27)21(32-15(4)28)22(33-16(5)29)23(34-19)36-7/h8,18-23,25H,1,9-12H2,2-7H3,(H,24,26)/t18-,19+,20-,21-,22+,23+/m0/s1. The van der Waals surface area contributed by atoms with E-state index in [9.17, 15) is 29.1 Å². The minimum atomic E-state index is -2.39. The van der Waals surface area contributed by atoms with Crippen LogP contribution in [0.3, 0.4) is 0 Å². The van der Waals surface area contributed by atoms with Crippen molar-refractivity contribution >= 4 is 51.9 Å². The number of aliphatic hydroxyl groups excluding tert-OH is 1. The molecule has 2 N–H and O–H groups in total. The van der Waals surface area contributed by atoms with Crippen molar-refractivity contribution in [2.45, 2.75) is 70.5 Å². The molecule has 1 amide bonds. The van der Waals surface area contributed by atoms with Crippen LogP contribution in [0.4, 0.5) is 0 Å². The summed E-state index contributed by atoms with van der Waals surface area (Å²) < 4.78 is 28.4. The molecule has 37 heavy (non-hydrogen) atoms. The number of hydrogen-bond acceptors (Lipinski definition) is 12. The zero-order valence-corrected chi connectivity index (χ0v) is 23.6. The summed E-state index contributed by atoms with van der Waals surface area (Å²) in [5.41, 5.74) is -0.878. The largest absolute Gasteiger partial charge is 0.456 e. The fourth-order valence-corrected chi connectivity index (χ4v) is 7.69. The SMILES string of the molecule is C=CCS(CCO)(C[C@H](NC(C)=O)[C@H]1O[C@H](SC)[C@H](OC(C)=O)[C@@H](OC(C)=O)[C@H]1OC(C)=O)OC(C)=O. The fraction of sp³-hybridized carbons (Fsp3) is 0.696. The van der Waals surface area contributed by atoms with Gasteiger partial charge in [0.1, 0.15) is 11.5 Å². The molecule has 7 atom stereocenters. The molecule has 1 rings (SSSR count). The number of ether oxygens (including phenoxy) is 4. The smallest absolute Gasteiger partial charge is 0.313 e. The molecule has 1 unspecified atom stereocenters. The van der Waals surface area contributed by atoms with Gasteiger partial charge in [-0.15, -0.1) is 18.3 Å². The van der Waals surface area contributed by atoms with Crippen molar-refractivity contribution in [3.63, 3.8) is 0 Å². The number of esters is 3. The van der Waals surface area contributed by atoms with Crippen LogP contribution in [0, 0.1) is 0 Å². The molecule has 0 bridgehead atoms. The van der Waals surface area contributed by atoms with E-state index in [0.717, 1.165) is 25.6 Å². The lowest BCUT2D eigenvalue weighted by Crippen LogP contribution is -2.66. The van der Waals surface area contributed by atoms with E-state index in [4.69, 9.17) is 23.1 Å². The highest BCUT2D eigenvalue weighted by molar-refractivity contribution is 8.30. The topological polar surface area (TPSA) is 164 Å². The van der Waals surface area contributed by atoms with E-state index in [1.165, 1.54) is 20.8 Å². The fourth-order valence-electron chi connectivity index (χ4n) is 4.10. The Morgan fingerprint density at radius 1 is 0.973 bits per heavy atom. The number of carbonyl (C=O) groups excluding carboxylic acids is 5. The zero-order chi connectivity index (χ0) is 28.3. The Kier molecular flexibility index (Phi) is 13.5. The predicted molar refractivity (Wildman–Crippen MR) is 138 cm³/mol. The van der Waals surface area contributed by atoms with Crippen LogP contribution in [0.25, 0.3) is 0 Å². The molecule has 0 aromatic carbocycles. The van der Waals surface area contributed by atoms with Gasteiger partial charge >= 0.3 is 23.9 Å². The van der Waals surface area contributed by atoms with Gasteiger partial charge in [0.2, 0.25) is 5.91 Å². The maximum absolute atomic E-state index is 12.3. The van der Waals surface area contributed by atoms with Crippen molar-refractivity contribution in [1.29, 1.82) is 0 Å². The van der Waals surface area contributed by atoms with Crippen LogP contribution in [0.2, 0.25) is 0 Å². The van der Waals surface area contributed by atoms with E-state index in [2.05, 4.69) is 11.9 Å². The van der Waals surface area contributed by atoms with Crippen molar-refractivity contribution in [1.82, 2.24) is 5.32 Å². The lowest BCUT2D eigenvalue weighted by molar-refractivity contribution is -0.234. The second-order valence-electron chi connectivity index (χ2n) is 8.32. The highest BCUT2D eigenvalue weighted by atomic mass is 32.3. The van der Waals surface area contributed by atoms with Crippen LogP contribution in [-0.2, 0) is 47.1 Å². The Balaban J connectivity index is 3.69. The van der Waals surface area contributed by atoms with Crippen LogP contribution in [0.1, 0.15) is 34.6 Å². The summed E-state index contributed by atoms with van der Waals surface area (Å²) in [5, 5.41) is 12.5. The Bertz CT molecular complexity index is 855. The first-order valence-electron chi connectivity index (χ1n) is 11.4. The lowest BCUT2D eigenvalue weighted by atomic mass is 9.94. The number of hydrogen-bond donors (Lipinski definition) is 2. The number of rotatable bonds is 13. The van der Waals surface area contributed by atoms with Crippen molar-refractivity contribution in [3.8, 4) is 0 Å². The van der Waals surface area contributed by atoms with E-state index in [1.807, 2.05) is 0 Å². The second-order valence-corrected chi connectivity index (χ2v) is 12.4. The molecule has 0 saturated carbocycles. The number of carbonyl (C=O) groups is 5. The second kappa shape index (κ2) is 15.2. The van der Waals surface area contributed by atoms with Gasteiger partial charge in [-0.1, -0.05) is 16.4 Å². The van der Waals surface area contributed by atoms with E-state index in [-0.39, 0.29) is 23.9 Å². The molecule has 1 saturated heterocycles. The van der Waals surface area contributed by atoms with E-state index >= 15 is 0 Å². The monoisotopic (exact) mass is 567 g/mol. The Labute approximate surface area is 222 Å². The average molecular weight is 568 g/mol. The molecule has 12 nitrogen and oxygen atoms in total. The molecular formula is C23H37NO11S2. The molecule has 1 heterocycles. The summed E-state index contributed by atoms with van der Waals surface area (Å²) in [4.78, 5) is 60.3.